The first-order valence-electron chi connectivity index (χ1n) is 10.2. The number of halogens is 1. The highest BCUT2D eigenvalue weighted by atomic mass is 35.5. The Morgan fingerprint density at radius 3 is 2.24 bits per heavy atom. The molecule has 2 saturated heterocycles. The fourth-order valence-electron chi connectivity index (χ4n) is 4.13. The van der Waals surface area contributed by atoms with Gasteiger partial charge in [0.15, 0.2) is 0 Å². The van der Waals surface area contributed by atoms with Crippen molar-refractivity contribution in [1.29, 1.82) is 0 Å². The van der Waals surface area contributed by atoms with Crippen molar-refractivity contribution < 1.29 is 9.59 Å². The molecule has 0 radical (unpaired) electrons. The minimum Gasteiger partial charge on any atom is -0.340 e. The van der Waals surface area contributed by atoms with Crippen LogP contribution < -0.4 is 0 Å². The van der Waals surface area contributed by atoms with Crippen molar-refractivity contribution in [2.75, 3.05) is 32.7 Å². The van der Waals surface area contributed by atoms with Gasteiger partial charge in [0, 0.05) is 57.3 Å². The van der Waals surface area contributed by atoms with Crippen molar-refractivity contribution in [2.45, 2.75) is 19.5 Å². The summed E-state index contributed by atoms with van der Waals surface area (Å²) in [5, 5.41) is 0.747. The van der Waals surface area contributed by atoms with Gasteiger partial charge in [0.25, 0.3) is 0 Å². The van der Waals surface area contributed by atoms with E-state index < -0.39 is 0 Å². The predicted molar refractivity (Wildman–Crippen MR) is 113 cm³/mol. The molecule has 2 fully saturated rings. The van der Waals surface area contributed by atoms with E-state index in [-0.39, 0.29) is 17.7 Å². The summed E-state index contributed by atoms with van der Waals surface area (Å²) in [7, 11) is 0. The zero-order chi connectivity index (χ0) is 20.2. The first-order valence-corrected chi connectivity index (χ1v) is 10.5. The molecule has 0 aromatic heterocycles. The van der Waals surface area contributed by atoms with E-state index in [1.807, 2.05) is 64.4 Å². The maximum atomic E-state index is 13.0. The third-order valence-corrected chi connectivity index (χ3v) is 6.04. The van der Waals surface area contributed by atoms with Crippen molar-refractivity contribution >= 4 is 23.4 Å². The number of carbonyl (C=O) groups is 2. The van der Waals surface area contributed by atoms with Crippen LogP contribution in [-0.4, -0.2) is 59.2 Å². The molecule has 1 atom stereocenters. The Hall–Kier alpha value is -2.37. The SMILES string of the molecule is O=C1CC(C(=O)N2CCN(Cc3ccc(Cl)cc3)CC2)CN1Cc1ccccc1. The molecule has 2 heterocycles. The van der Waals surface area contributed by atoms with Gasteiger partial charge in [-0.25, -0.2) is 0 Å². The summed E-state index contributed by atoms with van der Waals surface area (Å²) in [5.74, 6) is -0.0114. The normalized spacial score (nSPS) is 20.3. The summed E-state index contributed by atoms with van der Waals surface area (Å²) < 4.78 is 0. The minimum atomic E-state index is -0.214. The number of benzene rings is 2. The van der Waals surface area contributed by atoms with Gasteiger partial charge in [0.2, 0.25) is 11.8 Å². The number of nitrogens with zero attached hydrogens (tertiary/aromatic N) is 3. The topological polar surface area (TPSA) is 43.9 Å². The lowest BCUT2D eigenvalue weighted by atomic mass is 10.1. The second-order valence-corrected chi connectivity index (χ2v) is 8.33. The molecule has 0 N–H and O–H groups in total. The van der Waals surface area contributed by atoms with E-state index in [0.29, 0.717) is 19.5 Å². The van der Waals surface area contributed by atoms with E-state index >= 15 is 0 Å². The van der Waals surface area contributed by atoms with Crippen molar-refractivity contribution in [2.24, 2.45) is 5.92 Å². The molecule has 2 aromatic rings. The third kappa shape index (κ3) is 4.98. The zero-order valence-corrected chi connectivity index (χ0v) is 17.2. The highest BCUT2D eigenvalue weighted by molar-refractivity contribution is 6.30. The summed E-state index contributed by atoms with van der Waals surface area (Å²) in [6.45, 7) is 5.11. The Kier molecular flexibility index (Phi) is 6.16. The molecule has 2 aliphatic rings. The molecule has 6 heteroatoms. The molecule has 0 saturated carbocycles. The van der Waals surface area contributed by atoms with E-state index in [9.17, 15) is 9.59 Å². The second kappa shape index (κ2) is 8.97. The molecule has 0 aliphatic carbocycles. The summed E-state index contributed by atoms with van der Waals surface area (Å²) in [6.07, 6.45) is 0.330. The van der Waals surface area contributed by atoms with Crippen molar-refractivity contribution in [3.05, 3.63) is 70.7 Å². The molecule has 29 heavy (non-hydrogen) atoms. The summed E-state index contributed by atoms with van der Waals surface area (Å²) in [5.41, 5.74) is 2.33. The highest BCUT2D eigenvalue weighted by Crippen LogP contribution is 2.23. The number of piperazine rings is 1. The minimum absolute atomic E-state index is 0.0774. The Labute approximate surface area is 176 Å². The fourth-order valence-corrected chi connectivity index (χ4v) is 4.25. The first-order chi connectivity index (χ1) is 14.1. The predicted octanol–water partition coefficient (Wildman–Crippen LogP) is 3.03. The van der Waals surface area contributed by atoms with Crippen molar-refractivity contribution in [3.8, 4) is 0 Å². The summed E-state index contributed by atoms with van der Waals surface area (Å²) >= 11 is 5.95. The third-order valence-electron chi connectivity index (χ3n) is 5.78. The van der Waals surface area contributed by atoms with Crippen molar-refractivity contribution in [1.82, 2.24) is 14.7 Å². The lowest BCUT2D eigenvalue weighted by Gasteiger charge is -2.36. The molecule has 2 amide bonds. The van der Waals surface area contributed by atoms with Gasteiger partial charge in [0.05, 0.1) is 5.92 Å². The van der Waals surface area contributed by atoms with Crippen LogP contribution in [0, 0.1) is 5.92 Å². The number of amides is 2. The Bertz CT molecular complexity index is 848. The molecular formula is C23H26ClN3O2. The molecule has 152 valence electrons. The van der Waals surface area contributed by atoms with E-state index in [0.717, 1.165) is 43.3 Å². The smallest absolute Gasteiger partial charge is 0.228 e. The molecular weight excluding hydrogens is 386 g/mol. The van der Waals surface area contributed by atoms with Gasteiger partial charge in [-0.2, -0.15) is 0 Å². The summed E-state index contributed by atoms with van der Waals surface area (Å²) in [4.78, 5) is 31.5. The van der Waals surface area contributed by atoms with Gasteiger partial charge in [-0.3, -0.25) is 14.5 Å². The van der Waals surface area contributed by atoms with E-state index in [2.05, 4.69) is 4.90 Å². The van der Waals surface area contributed by atoms with Crippen LogP contribution in [0.3, 0.4) is 0 Å². The fraction of sp³-hybridized carbons (Fsp3) is 0.391. The Morgan fingerprint density at radius 1 is 0.897 bits per heavy atom. The maximum absolute atomic E-state index is 13.0. The van der Waals surface area contributed by atoms with Crippen LogP contribution in [0.2, 0.25) is 5.02 Å². The van der Waals surface area contributed by atoms with E-state index in [4.69, 9.17) is 11.6 Å². The standard InChI is InChI=1S/C23H26ClN3O2/c24-21-8-6-19(7-9-21)15-25-10-12-26(13-11-25)23(29)20-14-22(28)27(17-20)16-18-4-2-1-3-5-18/h1-9,20H,10-17H2. The number of carbonyl (C=O) groups excluding carboxylic acids is 2. The van der Waals surface area contributed by atoms with Gasteiger partial charge < -0.3 is 9.80 Å². The average molecular weight is 412 g/mol. The van der Waals surface area contributed by atoms with Gasteiger partial charge in [0.1, 0.15) is 0 Å². The van der Waals surface area contributed by atoms with Gasteiger partial charge in [-0.15, -0.1) is 0 Å². The van der Waals surface area contributed by atoms with Crippen LogP contribution >= 0.6 is 11.6 Å². The average Bonchev–Trinajstić information content (AvgIpc) is 3.11. The largest absolute Gasteiger partial charge is 0.340 e. The molecule has 2 aliphatic heterocycles. The van der Waals surface area contributed by atoms with Crippen LogP contribution in [-0.2, 0) is 22.7 Å². The molecule has 1 unspecified atom stereocenters. The number of hydrogen-bond donors (Lipinski definition) is 0. The van der Waals surface area contributed by atoms with Crippen LogP contribution in [0.4, 0.5) is 0 Å². The van der Waals surface area contributed by atoms with Crippen molar-refractivity contribution in [3.63, 3.8) is 0 Å². The molecule has 0 bridgehead atoms. The highest BCUT2D eigenvalue weighted by Gasteiger charge is 2.37. The van der Waals surface area contributed by atoms with E-state index in [1.54, 1.807) is 0 Å². The van der Waals surface area contributed by atoms with Gasteiger partial charge >= 0.3 is 0 Å². The Morgan fingerprint density at radius 2 is 1.55 bits per heavy atom. The lowest BCUT2D eigenvalue weighted by Crippen LogP contribution is -2.50. The molecule has 0 spiro atoms. The maximum Gasteiger partial charge on any atom is 0.228 e. The molecule has 2 aromatic carbocycles. The quantitative estimate of drug-likeness (QED) is 0.759. The van der Waals surface area contributed by atoms with Gasteiger partial charge in [-0.1, -0.05) is 54.1 Å². The van der Waals surface area contributed by atoms with Crippen LogP contribution in [0.15, 0.2) is 54.6 Å². The summed E-state index contributed by atoms with van der Waals surface area (Å²) in [6, 6.07) is 17.9. The van der Waals surface area contributed by atoms with Crippen LogP contribution in [0.25, 0.3) is 0 Å². The second-order valence-electron chi connectivity index (χ2n) is 7.89. The Balaban J connectivity index is 1.27. The number of hydrogen-bond acceptors (Lipinski definition) is 3. The number of likely N-dealkylation sites (tertiary alicyclic amines) is 1. The zero-order valence-electron chi connectivity index (χ0n) is 16.5. The van der Waals surface area contributed by atoms with Crippen LogP contribution in [0.5, 0.6) is 0 Å². The molecule has 5 nitrogen and oxygen atoms in total. The van der Waals surface area contributed by atoms with E-state index in [1.165, 1.54) is 5.56 Å². The monoisotopic (exact) mass is 411 g/mol. The number of rotatable bonds is 5. The van der Waals surface area contributed by atoms with Crippen LogP contribution in [0.1, 0.15) is 17.5 Å². The first kappa shape index (κ1) is 19.9. The van der Waals surface area contributed by atoms with Gasteiger partial charge in [-0.05, 0) is 23.3 Å². The lowest BCUT2D eigenvalue weighted by molar-refractivity contribution is -0.137. The molecule has 4 rings (SSSR count).